The summed E-state index contributed by atoms with van der Waals surface area (Å²) < 4.78 is 47.8. The van der Waals surface area contributed by atoms with Gasteiger partial charge in [-0.3, -0.25) is 4.98 Å². The Labute approximate surface area is 140 Å². The lowest BCUT2D eigenvalue weighted by Gasteiger charge is -2.05. The quantitative estimate of drug-likeness (QED) is 0.664. The monoisotopic (exact) mass is 348 g/mol. The molecule has 0 radical (unpaired) electrons. The lowest BCUT2D eigenvalue weighted by molar-refractivity contribution is -0.141. The van der Waals surface area contributed by atoms with Crippen LogP contribution in [0, 0.1) is 0 Å². The number of ether oxygens (including phenoxy) is 1. The largest absolute Gasteiger partial charge is 0.454 e. The number of pyridine rings is 1. The second-order valence-electron chi connectivity index (χ2n) is 5.02. The van der Waals surface area contributed by atoms with Crippen molar-refractivity contribution in [1.29, 1.82) is 0 Å². The molecule has 8 heteroatoms. The predicted octanol–water partition coefficient (Wildman–Crippen LogP) is 4.11. The number of esters is 1. The predicted molar refractivity (Wildman–Crippen MR) is 80.3 cm³/mol. The van der Waals surface area contributed by atoms with Crippen LogP contribution in [0.1, 0.15) is 21.9 Å². The molecular formula is C17H11F3N2O3. The molecule has 0 aliphatic carbocycles. The van der Waals surface area contributed by atoms with Crippen LogP contribution in [-0.4, -0.2) is 15.9 Å². The van der Waals surface area contributed by atoms with Crippen LogP contribution in [0.5, 0.6) is 0 Å². The number of carbonyl (C=O) groups excluding carboxylic acids is 1. The van der Waals surface area contributed by atoms with Gasteiger partial charge in [-0.2, -0.15) is 13.2 Å². The lowest BCUT2D eigenvalue weighted by atomic mass is 10.2. The van der Waals surface area contributed by atoms with Crippen LogP contribution in [-0.2, 0) is 17.5 Å². The average Bonchev–Trinajstić information content (AvgIpc) is 3.10. The number of rotatable bonds is 4. The Balaban J connectivity index is 1.68. The molecule has 3 rings (SSSR count). The van der Waals surface area contributed by atoms with Crippen LogP contribution in [0.2, 0.25) is 0 Å². The van der Waals surface area contributed by atoms with Gasteiger partial charge in [0, 0.05) is 11.8 Å². The molecule has 0 saturated heterocycles. The summed E-state index contributed by atoms with van der Waals surface area (Å²) in [5.74, 6) is -0.936. The number of aromatic nitrogens is 2. The van der Waals surface area contributed by atoms with Crippen LogP contribution < -0.4 is 0 Å². The Kier molecular flexibility index (Phi) is 4.51. The summed E-state index contributed by atoms with van der Waals surface area (Å²) in [6, 6.07) is 11.1. The zero-order chi connectivity index (χ0) is 17.9. The average molecular weight is 348 g/mol. The van der Waals surface area contributed by atoms with Gasteiger partial charge in [0.05, 0.1) is 6.20 Å². The van der Waals surface area contributed by atoms with E-state index in [0.717, 1.165) is 17.8 Å². The first-order chi connectivity index (χ1) is 11.9. The Bertz CT molecular complexity index is 859. The van der Waals surface area contributed by atoms with Crippen LogP contribution in [0.25, 0.3) is 11.3 Å². The third-order valence-electron chi connectivity index (χ3n) is 3.23. The van der Waals surface area contributed by atoms with Gasteiger partial charge in [-0.1, -0.05) is 30.3 Å². The van der Waals surface area contributed by atoms with Gasteiger partial charge in [-0.25, -0.2) is 9.78 Å². The zero-order valence-corrected chi connectivity index (χ0v) is 12.7. The molecule has 0 saturated carbocycles. The van der Waals surface area contributed by atoms with E-state index in [2.05, 4.69) is 9.97 Å². The lowest BCUT2D eigenvalue weighted by Crippen LogP contribution is -2.07. The van der Waals surface area contributed by atoms with Crippen LogP contribution in [0.4, 0.5) is 13.2 Å². The summed E-state index contributed by atoms with van der Waals surface area (Å²) in [6.07, 6.45) is -2.29. The molecular weight excluding hydrogens is 337 g/mol. The van der Waals surface area contributed by atoms with Crippen molar-refractivity contribution in [3.05, 3.63) is 72.0 Å². The van der Waals surface area contributed by atoms with Crippen LogP contribution in [0.15, 0.2) is 59.3 Å². The third-order valence-corrected chi connectivity index (χ3v) is 3.23. The molecule has 0 aliphatic heterocycles. The summed E-state index contributed by atoms with van der Waals surface area (Å²) >= 11 is 0. The molecule has 2 aromatic heterocycles. The van der Waals surface area contributed by atoms with E-state index in [0.29, 0.717) is 0 Å². The molecule has 128 valence electrons. The van der Waals surface area contributed by atoms with Gasteiger partial charge in [-0.15, -0.1) is 0 Å². The molecule has 25 heavy (non-hydrogen) atoms. The van der Waals surface area contributed by atoms with Gasteiger partial charge in [0.15, 0.2) is 5.76 Å². The number of carbonyl (C=O) groups is 1. The van der Waals surface area contributed by atoms with Crippen molar-refractivity contribution in [2.24, 2.45) is 0 Å². The zero-order valence-electron chi connectivity index (χ0n) is 12.7. The van der Waals surface area contributed by atoms with E-state index in [1.165, 1.54) is 12.3 Å². The number of oxazole rings is 1. The fourth-order valence-electron chi connectivity index (χ4n) is 1.99. The van der Waals surface area contributed by atoms with E-state index < -0.39 is 17.8 Å². The summed E-state index contributed by atoms with van der Waals surface area (Å²) in [5.41, 5.74) is 0.0513. The summed E-state index contributed by atoms with van der Waals surface area (Å²) in [7, 11) is 0. The van der Waals surface area contributed by atoms with Crippen molar-refractivity contribution in [2.75, 3.05) is 0 Å². The molecule has 0 unspecified atom stereocenters. The first-order valence-corrected chi connectivity index (χ1v) is 7.14. The first kappa shape index (κ1) is 16.7. The van der Waals surface area contributed by atoms with Crippen molar-refractivity contribution in [3.63, 3.8) is 0 Å². The van der Waals surface area contributed by atoms with E-state index in [1.54, 1.807) is 12.1 Å². The topological polar surface area (TPSA) is 65.2 Å². The number of hydrogen-bond donors (Lipinski definition) is 0. The van der Waals surface area contributed by atoms with Crippen LogP contribution >= 0.6 is 0 Å². The molecule has 5 nitrogen and oxygen atoms in total. The summed E-state index contributed by atoms with van der Waals surface area (Å²) in [4.78, 5) is 19.0. The van der Waals surface area contributed by atoms with Gasteiger partial charge in [0.2, 0.25) is 0 Å². The molecule has 0 spiro atoms. The van der Waals surface area contributed by atoms with Crippen molar-refractivity contribution < 1.29 is 27.1 Å². The van der Waals surface area contributed by atoms with Gasteiger partial charge < -0.3 is 9.15 Å². The minimum atomic E-state index is -4.52. The van der Waals surface area contributed by atoms with Gasteiger partial charge in [0.1, 0.15) is 12.3 Å². The minimum absolute atomic E-state index is 0.0548. The Hall–Kier alpha value is -3.16. The highest BCUT2D eigenvalue weighted by molar-refractivity contribution is 5.84. The first-order valence-electron chi connectivity index (χ1n) is 7.14. The van der Waals surface area contributed by atoms with Gasteiger partial charge in [0.25, 0.3) is 0 Å². The molecule has 2 heterocycles. The maximum atomic E-state index is 12.5. The smallest absolute Gasteiger partial charge is 0.433 e. The number of benzene rings is 1. The SMILES string of the molecule is O=C(OCc1ccccc1)c1ncc(-c2ccc(C(F)(F)F)nc2)o1. The van der Waals surface area contributed by atoms with E-state index in [9.17, 15) is 18.0 Å². The summed E-state index contributed by atoms with van der Waals surface area (Å²) in [6.45, 7) is 0.0548. The maximum absolute atomic E-state index is 12.5. The standard InChI is InChI=1S/C17H11F3N2O3/c18-17(19,20)14-7-6-12(8-21-14)13-9-22-15(25-13)16(23)24-10-11-4-2-1-3-5-11/h1-9H,10H2. The van der Waals surface area contributed by atoms with Crippen molar-refractivity contribution >= 4 is 5.97 Å². The number of hydrogen-bond acceptors (Lipinski definition) is 5. The molecule has 0 amide bonds. The molecule has 3 aromatic rings. The van der Waals surface area contributed by atoms with E-state index in [1.807, 2.05) is 18.2 Å². The number of alkyl halides is 3. The van der Waals surface area contributed by atoms with Crippen molar-refractivity contribution in [3.8, 4) is 11.3 Å². The van der Waals surface area contributed by atoms with Crippen molar-refractivity contribution in [1.82, 2.24) is 9.97 Å². The van der Waals surface area contributed by atoms with E-state index in [-0.39, 0.29) is 23.8 Å². The van der Waals surface area contributed by atoms with E-state index >= 15 is 0 Å². The molecule has 0 atom stereocenters. The molecule has 0 bridgehead atoms. The summed E-state index contributed by atoms with van der Waals surface area (Å²) in [5, 5.41) is 0. The maximum Gasteiger partial charge on any atom is 0.433 e. The normalized spacial score (nSPS) is 11.3. The Morgan fingerprint density at radius 3 is 2.44 bits per heavy atom. The van der Waals surface area contributed by atoms with Gasteiger partial charge >= 0.3 is 18.0 Å². The third kappa shape index (κ3) is 4.03. The minimum Gasteiger partial charge on any atom is -0.454 e. The molecule has 0 aliphatic rings. The second-order valence-corrected chi connectivity index (χ2v) is 5.02. The molecule has 1 aromatic carbocycles. The Morgan fingerprint density at radius 1 is 1.04 bits per heavy atom. The second kappa shape index (κ2) is 6.76. The highest BCUT2D eigenvalue weighted by Crippen LogP contribution is 2.29. The molecule has 0 N–H and O–H groups in total. The highest BCUT2D eigenvalue weighted by atomic mass is 19.4. The highest BCUT2D eigenvalue weighted by Gasteiger charge is 2.32. The molecule has 0 fully saturated rings. The fourth-order valence-corrected chi connectivity index (χ4v) is 1.99. The Morgan fingerprint density at radius 2 is 1.80 bits per heavy atom. The van der Waals surface area contributed by atoms with Gasteiger partial charge in [-0.05, 0) is 17.7 Å². The van der Waals surface area contributed by atoms with Crippen LogP contribution in [0.3, 0.4) is 0 Å². The number of halogens is 3. The fraction of sp³-hybridized carbons (Fsp3) is 0.118. The number of nitrogens with zero attached hydrogens (tertiary/aromatic N) is 2. The van der Waals surface area contributed by atoms with Crippen molar-refractivity contribution in [2.45, 2.75) is 12.8 Å². The van der Waals surface area contributed by atoms with E-state index in [4.69, 9.17) is 9.15 Å².